The number of carbonyl (C=O) groups excluding carboxylic acids is 4. The van der Waals surface area contributed by atoms with Crippen molar-refractivity contribution >= 4 is 45.4 Å². The van der Waals surface area contributed by atoms with E-state index in [1.807, 2.05) is 49.9 Å². The molecule has 5 heterocycles. The monoisotopic (exact) mass is 834 g/mol. The Morgan fingerprint density at radius 3 is 2.15 bits per heavy atom. The zero-order valence-electron chi connectivity index (χ0n) is 35.3. The Hall–Kier alpha value is -5.70. The zero-order valence-corrected chi connectivity index (χ0v) is 36.1. The van der Waals surface area contributed by atoms with Gasteiger partial charge in [0, 0.05) is 51.6 Å². The lowest BCUT2D eigenvalue weighted by atomic mass is 9.93. The van der Waals surface area contributed by atoms with E-state index in [0.717, 1.165) is 87.5 Å². The Balaban J connectivity index is 1.02. The van der Waals surface area contributed by atoms with Crippen LogP contribution in [0.5, 0.6) is 0 Å². The maximum absolute atomic E-state index is 14.0. The SMILES string of the molecule is COC(=O)N[C@H](C(=O)N1CC2CCC1(c1nc(-c3ccc(-c4ccc(-c5c[nH]c([C@@H]6CCCN6C(=O)[C@H](NC(=O)OC)C(C)C)n5)c5sc(C)cc45)cc3)c[nH]1)C2)C(C)C. The molecule has 1 aliphatic carbocycles. The minimum Gasteiger partial charge on any atom is -0.453 e. The third-order valence-corrected chi connectivity index (χ3v) is 13.7. The van der Waals surface area contributed by atoms with Crippen LogP contribution in [0.3, 0.4) is 0 Å². The number of nitrogens with one attached hydrogen (secondary N) is 4. The molecule has 4 N–H and O–H groups in total. The average molecular weight is 835 g/mol. The third-order valence-electron chi connectivity index (χ3n) is 12.6. The predicted molar refractivity (Wildman–Crippen MR) is 230 cm³/mol. The van der Waals surface area contributed by atoms with Crippen LogP contribution in [-0.4, -0.2) is 93.1 Å². The molecule has 0 spiro atoms. The zero-order chi connectivity index (χ0) is 42.5. The molecule has 4 amide bonds. The fourth-order valence-corrected chi connectivity index (χ4v) is 10.6. The lowest BCUT2D eigenvalue weighted by Crippen LogP contribution is -2.56. The summed E-state index contributed by atoms with van der Waals surface area (Å²) in [7, 11) is 2.60. The summed E-state index contributed by atoms with van der Waals surface area (Å²) >= 11 is 1.73. The number of benzene rings is 2. The van der Waals surface area contributed by atoms with Gasteiger partial charge >= 0.3 is 12.2 Å². The highest BCUT2D eigenvalue weighted by Gasteiger charge is 2.56. The molecule has 316 valence electrons. The van der Waals surface area contributed by atoms with Crippen LogP contribution in [0, 0.1) is 24.7 Å². The summed E-state index contributed by atoms with van der Waals surface area (Å²) in [6.07, 6.45) is 6.92. The van der Waals surface area contributed by atoms with Crippen LogP contribution >= 0.6 is 11.3 Å². The second-order valence-corrected chi connectivity index (χ2v) is 18.4. The lowest BCUT2D eigenvalue weighted by Gasteiger charge is -2.40. The van der Waals surface area contributed by atoms with Crippen molar-refractivity contribution in [3.05, 3.63) is 71.4 Å². The van der Waals surface area contributed by atoms with Gasteiger partial charge in [0.2, 0.25) is 11.8 Å². The molecule has 5 aromatic rings. The number of likely N-dealkylation sites (tertiary alicyclic amines) is 2. The number of piperidine rings is 1. The fraction of sp³-hybridized carbons (Fsp3) is 0.467. The fourth-order valence-electron chi connectivity index (χ4n) is 9.54. The molecule has 5 atom stereocenters. The summed E-state index contributed by atoms with van der Waals surface area (Å²) in [4.78, 5) is 73.9. The molecule has 2 aliphatic heterocycles. The normalized spacial score (nSPS) is 20.9. The number of rotatable bonds is 11. The summed E-state index contributed by atoms with van der Waals surface area (Å²) in [5.74, 6) is 1.44. The minimum absolute atomic E-state index is 0.104. The van der Waals surface area contributed by atoms with Gasteiger partial charge in [-0.2, -0.15) is 0 Å². The smallest absolute Gasteiger partial charge is 0.407 e. The number of aromatic nitrogens is 4. The number of methoxy groups -OCH3 is 2. The van der Waals surface area contributed by atoms with E-state index in [-0.39, 0.29) is 29.7 Å². The molecule has 15 heteroatoms. The number of aromatic amines is 2. The number of carbonyl (C=O) groups is 4. The molecule has 1 saturated carbocycles. The van der Waals surface area contributed by atoms with Crippen molar-refractivity contribution in [2.24, 2.45) is 17.8 Å². The highest BCUT2D eigenvalue weighted by atomic mass is 32.1. The number of thiophene rings is 1. The summed E-state index contributed by atoms with van der Waals surface area (Å²) in [5.41, 5.74) is 5.26. The van der Waals surface area contributed by atoms with Crippen LogP contribution in [0.15, 0.2) is 54.9 Å². The first-order valence-corrected chi connectivity index (χ1v) is 21.7. The Labute approximate surface area is 353 Å². The van der Waals surface area contributed by atoms with Crippen LogP contribution in [0.25, 0.3) is 43.7 Å². The topological polar surface area (TPSA) is 175 Å². The lowest BCUT2D eigenvalue weighted by molar-refractivity contribution is -0.140. The first kappa shape index (κ1) is 41.1. The highest BCUT2D eigenvalue weighted by Crippen LogP contribution is 2.52. The van der Waals surface area contributed by atoms with Gasteiger partial charge in [0.1, 0.15) is 29.3 Å². The number of hydrogen-bond acceptors (Lipinski definition) is 9. The summed E-state index contributed by atoms with van der Waals surface area (Å²) in [5, 5.41) is 6.62. The Morgan fingerprint density at radius 1 is 0.833 bits per heavy atom. The Bertz CT molecular complexity index is 2420. The maximum Gasteiger partial charge on any atom is 0.407 e. The van der Waals surface area contributed by atoms with Crippen LogP contribution < -0.4 is 10.6 Å². The number of ether oxygens (including phenoxy) is 2. The first-order chi connectivity index (χ1) is 28.8. The van der Waals surface area contributed by atoms with Crippen LogP contribution in [-0.2, 0) is 24.6 Å². The number of amides is 4. The van der Waals surface area contributed by atoms with E-state index in [2.05, 4.69) is 70.0 Å². The van der Waals surface area contributed by atoms with Gasteiger partial charge in [0.05, 0.1) is 31.6 Å². The van der Waals surface area contributed by atoms with Crippen LogP contribution in [0.1, 0.15) is 82.4 Å². The minimum atomic E-state index is -0.698. The summed E-state index contributed by atoms with van der Waals surface area (Å²) in [6, 6.07) is 13.3. The number of hydrogen-bond donors (Lipinski definition) is 4. The molecule has 14 nitrogen and oxygen atoms in total. The molecule has 60 heavy (non-hydrogen) atoms. The molecule has 3 fully saturated rings. The molecule has 3 aliphatic rings. The van der Waals surface area contributed by atoms with Crippen molar-refractivity contribution in [3.8, 4) is 33.6 Å². The van der Waals surface area contributed by atoms with Gasteiger partial charge in [-0.05, 0) is 74.0 Å². The molecule has 0 radical (unpaired) electrons. The number of nitrogens with zero attached hydrogens (tertiary/aromatic N) is 4. The van der Waals surface area contributed by atoms with E-state index in [1.54, 1.807) is 11.3 Å². The van der Waals surface area contributed by atoms with Crippen molar-refractivity contribution in [2.75, 3.05) is 27.3 Å². The standard InChI is InChI=1S/C45H54N8O6S/c1-24(2)36(50-43(56)58-6)40(54)52-18-8-9-35(52)39-46-22-34(48-39)31-15-14-30(32-19-26(5)60-38(31)32)28-10-12-29(13-11-28)33-21-47-42(49-33)45-17-16-27(20-45)23-53(45)41(55)37(25(3)4)51-44(57)59-7/h10-15,19,21-22,24-25,27,35-37H,8-9,16-18,20,23H2,1-7H3,(H,46,48)(H,47,49)(H,50,56)(H,51,57)/t27?,35-,36+,37-,45?/m0/s1. The Kier molecular flexibility index (Phi) is 11.2. The van der Waals surface area contributed by atoms with Gasteiger partial charge in [0.25, 0.3) is 0 Å². The average Bonchev–Trinajstić information content (AvgIpc) is 4.10. The molecular weight excluding hydrogens is 781 g/mol. The highest BCUT2D eigenvalue weighted by molar-refractivity contribution is 7.19. The number of fused-ring (bicyclic) bond motifs is 3. The van der Waals surface area contributed by atoms with Crippen molar-refractivity contribution < 1.29 is 28.7 Å². The molecule has 8 rings (SSSR count). The van der Waals surface area contributed by atoms with Crippen molar-refractivity contribution in [1.82, 2.24) is 40.4 Å². The number of imidazole rings is 2. The third kappa shape index (κ3) is 7.41. The van der Waals surface area contributed by atoms with E-state index >= 15 is 0 Å². The Morgan fingerprint density at radius 2 is 1.48 bits per heavy atom. The molecule has 2 unspecified atom stereocenters. The van der Waals surface area contributed by atoms with E-state index in [0.29, 0.717) is 19.0 Å². The van der Waals surface area contributed by atoms with E-state index < -0.39 is 29.8 Å². The molecule has 3 aromatic heterocycles. The second-order valence-electron chi connectivity index (χ2n) is 17.1. The van der Waals surface area contributed by atoms with Gasteiger partial charge in [-0.25, -0.2) is 19.6 Å². The number of aryl methyl sites for hydroxylation is 1. The van der Waals surface area contributed by atoms with Crippen LogP contribution in [0.2, 0.25) is 0 Å². The van der Waals surface area contributed by atoms with Gasteiger partial charge in [-0.15, -0.1) is 11.3 Å². The van der Waals surface area contributed by atoms with E-state index in [4.69, 9.17) is 19.4 Å². The number of alkyl carbamates (subject to hydrolysis) is 2. The largest absolute Gasteiger partial charge is 0.453 e. The molecule has 2 saturated heterocycles. The van der Waals surface area contributed by atoms with Crippen LogP contribution in [0.4, 0.5) is 9.59 Å². The predicted octanol–water partition coefficient (Wildman–Crippen LogP) is 7.92. The van der Waals surface area contributed by atoms with Gasteiger partial charge in [-0.1, -0.05) is 64.1 Å². The second kappa shape index (κ2) is 16.4. The number of H-pyrrole nitrogens is 2. The maximum atomic E-state index is 14.0. The van der Waals surface area contributed by atoms with Crippen molar-refractivity contribution in [2.45, 2.75) is 90.4 Å². The van der Waals surface area contributed by atoms with Gasteiger partial charge in [-0.3, -0.25) is 9.59 Å². The molecule has 2 bridgehead atoms. The first-order valence-electron chi connectivity index (χ1n) is 20.9. The molecular formula is C45H54N8O6S. The molecule has 2 aromatic carbocycles. The quantitative estimate of drug-likeness (QED) is 0.104. The van der Waals surface area contributed by atoms with Gasteiger partial charge < -0.3 is 39.9 Å². The van der Waals surface area contributed by atoms with E-state index in [9.17, 15) is 19.2 Å². The summed E-state index contributed by atoms with van der Waals surface area (Å²) < 4.78 is 10.8. The van der Waals surface area contributed by atoms with Gasteiger partial charge in [0.15, 0.2) is 0 Å². The van der Waals surface area contributed by atoms with Crippen molar-refractivity contribution in [1.29, 1.82) is 0 Å². The van der Waals surface area contributed by atoms with E-state index in [1.165, 1.54) is 19.1 Å². The summed E-state index contributed by atoms with van der Waals surface area (Å²) in [6.45, 7) is 11.0. The van der Waals surface area contributed by atoms with Crippen molar-refractivity contribution in [3.63, 3.8) is 0 Å².